The SMILES string of the molecule is COc1cccc([C@H](O)CNC(=O)[C@H]2C[C@@H]2c2ccccc2Cl)c1. The normalized spacial score (nSPS) is 20.3. The summed E-state index contributed by atoms with van der Waals surface area (Å²) in [7, 11) is 1.58. The molecule has 24 heavy (non-hydrogen) atoms. The summed E-state index contributed by atoms with van der Waals surface area (Å²) in [4.78, 5) is 12.3. The minimum Gasteiger partial charge on any atom is -0.497 e. The Morgan fingerprint density at radius 3 is 2.88 bits per heavy atom. The van der Waals surface area contributed by atoms with E-state index in [0.717, 1.165) is 12.0 Å². The van der Waals surface area contributed by atoms with Gasteiger partial charge < -0.3 is 15.2 Å². The first kappa shape index (κ1) is 16.8. The molecule has 0 spiro atoms. The molecule has 5 heteroatoms. The molecule has 4 nitrogen and oxygen atoms in total. The van der Waals surface area contributed by atoms with Gasteiger partial charge in [0.1, 0.15) is 5.75 Å². The fourth-order valence-electron chi connectivity index (χ4n) is 2.90. The third kappa shape index (κ3) is 3.71. The van der Waals surface area contributed by atoms with Crippen LogP contribution in [-0.4, -0.2) is 24.7 Å². The Morgan fingerprint density at radius 1 is 1.33 bits per heavy atom. The Balaban J connectivity index is 1.54. The molecule has 3 rings (SSSR count). The van der Waals surface area contributed by atoms with E-state index >= 15 is 0 Å². The quantitative estimate of drug-likeness (QED) is 0.844. The Kier molecular flexibility index (Phi) is 5.07. The van der Waals surface area contributed by atoms with Gasteiger partial charge in [-0.15, -0.1) is 0 Å². The highest BCUT2D eigenvalue weighted by Crippen LogP contribution is 2.49. The molecule has 0 saturated heterocycles. The van der Waals surface area contributed by atoms with Gasteiger partial charge in [-0.25, -0.2) is 0 Å². The van der Waals surface area contributed by atoms with E-state index in [1.807, 2.05) is 42.5 Å². The molecular weight excluding hydrogens is 326 g/mol. The Bertz CT molecular complexity index is 734. The first-order valence-corrected chi connectivity index (χ1v) is 8.32. The molecule has 2 N–H and O–H groups in total. The molecule has 0 heterocycles. The van der Waals surface area contributed by atoms with Crippen LogP contribution in [0, 0.1) is 5.92 Å². The largest absolute Gasteiger partial charge is 0.497 e. The van der Waals surface area contributed by atoms with Crippen molar-refractivity contribution in [2.24, 2.45) is 5.92 Å². The monoisotopic (exact) mass is 345 g/mol. The van der Waals surface area contributed by atoms with Crippen LogP contribution in [0.4, 0.5) is 0 Å². The molecule has 1 aliphatic carbocycles. The number of halogens is 1. The molecular formula is C19H20ClNO3. The van der Waals surface area contributed by atoms with Crippen molar-refractivity contribution in [1.29, 1.82) is 0 Å². The van der Waals surface area contributed by atoms with Gasteiger partial charge in [-0.05, 0) is 41.7 Å². The molecule has 2 aromatic carbocycles. The zero-order valence-corrected chi connectivity index (χ0v) is 14.2. The van der Waals surface area contributed by atoms with Gasteiger partial charge >= 0.3 is 0 Å². The highest BCUT2D eigenvalue weighted by molar-refractivity contribution is 6.31. The van der Waals surface area contributed by atoms with Gasteiger partial charge in [0.25, 0.3) is 0 Å². The van der Waals surface area contributed by atoms with E-state index in [4.69, 9.17) is 16.3 Å². The van der Waals surface area contributed by atoms with E-state index in [-0.39, 0.29) is 24.3 Å². The topological polar surface area (TPSA) is 58.6 Å². The number of nitrogens with one attached hydrogen (secondary N) is 1. The van der Waals surface area contributed by atoms with E-state index in [2.05, 4.69) is 5.32 Å². The number of carbonyl (C=O) groups is 1. The molecule has 1 fully saturated rings. The molecule has 0 bridgehead atoms. The van der Waals surface area contributed by atoms with Crippen LogP contribution in [0.15, 0.2) is 48.5 Å². The summed E-state index contributed by atoms with van der Waals surface area (Å²) in [6.45, 7) is 0.178. The average molecular weight is 346 g/mol. The fourth-order valence-corrected chi connectivity index (χ4v) is 3.18. The number of aliphatic hydroxyl groups excluding tert-OH is 1. The molecule has 2 aromatic rings. The number of hydrogen-bond acceptors (Lipinski definition) is 3. The lowest BCUT2D eigenvalue weighted by atomic mass is 10.1. The third-order valence-electron chi connectivity index (χ3n) is 4.38. The number of aliphatic hydroxyl groups is 1. The highest BCUT2D eigenvalue weighted by atomic mass is 35.5. The van der Waals surface area contributed by atoms with Gasteiger partial charge in [0, 0.05) is 17.5 Å². The van der Waals surface area contributed by atoms with Gasteiger partial charge in [-0.2, -0.15) is 0 Å². The zero-order valence-electron chi connectivity index (χ0n) is 13.4. The minimum absolute atomic E-state index is 0.0399. The maximum atomic E-state index is 12.3. The van der Waals surface area contributed by atoms with E-state index in [1.54, 1.807) is 13.2 Å². The standard InChI is InChI=1S/C19H20ClNO3/c1-24-13-6-4-5-12(9-13)18(22)11-21-19(23)16-10-15(16)14-7-2-3-8-17(14)20/h2-9,15-16,18,22H,10-11H2,1H3,(H,21,23)/t15-,16+,18-/m1/s1. The summed E-state index contributed by atoms with van der Waals surface area (Å²) >= 11 is 6.18. The fraction of sp³-hybridized carbons (Fsp3) is 0.316. The average Bonchev–Trinajstić information content (AvgIpc) is 3.40. The van der Waals surface area contributed by atoms with Crippen LogP contribution in [0.2, 0.25) is 5.02 Å². The molecule has 3 atom stereocenters. The number of hydrogen-bond donors (Lipinski definition) is 2. The van der Waals surface area contributed by atoms with E-state index in [9.17, 15) is 9.90 Å². The second-order valence-electron chi connectivity index (χ2n) is 6.01. The number of benzene rings is 2. The first-order valence-electron chi connectivity index (χ1n) is 7.94. The lowest BCUT2D eigenvalue weighted by Crippen LogP contribution is -2.30. The number of carbonyl (C=O) groups excluding carboxylic acids is 1. The summed E-state index contributed by atoms with van der Waals surface area (Å²) in [5, 5.41) is 13.8. The zero-order chi connectivity index (χ0) is 17.1. The minimum atomic E-state index is -0.762. The van der Waals surface area contributed by atoms with E-state index in [0.29, 0.717) is 16.3 Å². The van der Waals surface area contributed by atoms with E-state index < -0.39 is 6.10 Å². The summed E-state index contributed by atoms with van der Waals surface area (Å²) in [6.07, 6.45) is 0.0340. The lowest BCUT2D eigenvalue weighted by molar-refractivity contribution is -0.122. The maximum Gasteiger partial charge on any atom is 0.223 e. The molecule has 126 valence electrons. The van der Waals surface area contributed by atoms with Crippen LogP contribution in [-0.2, 0) is 4.79 Å². The Hall–Kier alpha value is -2.04. The predicted octanol–water partition coefficient (Wildman–Crippen LogP) is 3.30. The van der Waals surface area contributed by atoms with Crippen molar-refractivity contribution in [3.63, 3.8) is 0 Å². The van der Waals surface area contributed by atoms with Crippen molar-refractivity contribution in [3.05, 3.63) is 64.7 Å². The Morgan fingerprint density at radius 2 is 2.12 bits per heavy atom. The molecule has 0 aliphatic heterocycles. The number of rotatable bonds is 6. The van der Waals surface area contributed by atoms with Crippen LogP contribution in [0.5, 0.6) is 5.75 Å². The lowest BCUT2D eigenvalue weighted by Gasteiger charge is -2.13. The predicted molar refractivity (Wildman–Crippen MR) is 93.3 cm³/mol. The summed E-state index contributed by atoms with van der Waals surface area (Å²) in [6, 6.07) is 14.8. The van der Waals surface area contributed by atoms with Crippen molar-refractivity contribution in [1.82, 2.24) is 5.32 Å². The third-order valence-corrected chi connectivity index (χ3v) is 4.72. The Labute approximate surface area is 146 Å². The van der Waals surface area contributed by atoms with Crippen molar-refractivity contribution >= 4 is 17.5 Å². The molecule has 0 radical (unpaired) electrons. The number of amides is 1. The summed E-state index contributed by atoms with van der Waals surface area (Å²) in [5.41, 5.74) is 1.74. The van der Waals surface area contributed by atoms with Crippen LogP contribution in [0.25, 0.3) is 0 Å². The van der Waals surface area contributed by atoms with Crippen molar-refractivity contribution < 1.29 is 14.6 Å². The van der Waals surface area contributed by atoms with E-state index in [1.165, 1.54) is 0 Å². The van der Waals surface area contributed by atoms with Crippen LogP contribution in [0.1, 0.15) is 29.6 Å². The highest BCUT2D eigenvalue weighted by Gasteiger charge is 2.44. The molecule has 1 amide bonds. The first-order chi connectivity index (χ1) is 11.6. The molecule has 0 unspecified atom stereocenters. The maximum absolute atomic E-state index is 12.3. The smallest absolute Gasteiger partial charge is 0.223 e. The number of methoxy groups -OCH3 is 1. The van der Waals surface area contributed by atoms with Crippen LogP contribution >= 0.6 is 11.6 Å². The molecule has 0 aromatic heterocycles. The van der Waals surface area contributed by atoms with Gasteiger partial charge in [0.05, 0.1) is 13.2 Å². The molecule has 1 aliphatic rings. The second kappa shape index (κ2) is 7.24. The van der Waals surface area contributed by atoms with Crippen LogP contribution < -0.4 is 10.1 Å². The van der Waals surface area contributed by atoms with Gasteiger partial charge in [-0.1, -0.05) is 41.9 Å². The van der Waals surface area contributed by atoms with Crippen LogP contribution in [0.3, 0.4) is 0 Å². The van der Waals surface area contributed by atoms with Gasteiger partial charge in [0.2, 0.25) is 5.91 Å². The van der Waals surface area contributed by atoms with Gasteiger partial charge in [-0.3, -0.25) is 4.79 Å². The number of ether oxygens (including phenoxy) is 1. The van der Waals surface area contributed by atoms with Crippen molar-refractivity contribution in [2.45, 2.75) is 18.4 Å². The second-order valence-corrected chi connectivity index (χ2v) is 6.41. The molecule has 1 saturated carbocycles. The van der Waals surface area contributed by atoms with Gasteiger partial charge in [0.15, 0.2) is 0 Å². The van der Waals surface area contributed by atoms with Crippen molar-refractivity contribution in [2.75, 3.05) is 13.7 Å². The van der Waals surface area contributed by atoms with Crippen molar-refractivity contribution in [3.8, 4) is 5.75 Å². The summed E-state index contributed by atoms with van der Waals surface area (Å²) in [5.74, 6) is 0.746. The summed E-state index contributed by atoms with van der Waals surface area (Å²) < 4.78 is 5.14.